The van der Waals surface area contributed by atoms with E-state index < -0.39 is 11.2 Å². The highest BCUT2D eigenvalue weighted by molar-refractivity contribution is 5.89. The summed E-state index contributed by atoms with van der Waals surface area (Å²) in [5.41, 5.74) is 12.7. The Morgan fingerprint density at radius 3 is 2.18 bits per heavy atom. The quantitative estimate of drug-likeness (QED) is 0.487. The molecule has 1 aromatic heterocycles. The van der Waals surface area contributed by atoms with Crippen LogP contribution < -0.4 is 22.5 Å². The molecule has 0 spiro atoms. The van der Waals surface area contributed by atoms with Crippen LogP contribution >= 0.6 is 12.4 Å². The summed E-state index contributed by atoms with van der Waals surface area (Å²) in [5, 5.41) is 2.70. The van der Waals surface area contributed by atoms with Crippen LogP contribution in [-0.4, -0.2) is 87.0 Å². The highest BCUT2D eigenvalue weighted by Gasteiger charge is 2.37. The van der Waals surface area contributed by atoms with Gasteiger partial charge < -0.3 is 21.3 Å². The van der Waals surface area contributed by atoms with Crippen LogP contribution in [0.25, 0.3) is 5.69 Å². The lowest BCUT2D eigenvalue weighted by Crippen LogP contribution is -2.61. The zero-order valence-corrected chi connectivity index (χ0v) is 23.8. The molecule has 39 heavy (non-hydrogen) atoms. The average molecular weight is 561 g/mol. The van der Waals surface area contributed by atoms with Gasteiger partial charge in [0.05, 0.1) is 11.2 Å². The summed E-state index contributed by atoms with van der Waals surface area (Å²) in [7, 11) is 0. The van der Waals surface area contributed by atoms with Gasteiger partial charge in [-0.2, -0.15) is 4.98 Å². The van der Waals surface area contributed by atoms with Crippen LogP contribution in [-0.2, 0) is 11.3 Å². The minimum Gasteiger partial charge on any atom is -0.338 e. The first-order valence-electron chi connectivity index (χ1n) is 13.4. The molecule has 0 aliphatic carbocycles. The lowest BCUT2D eigenvalue weighted by atomic mass is 9.88. The van der Waals surface area contributed by atoms with Crippen molar-refractivity contribution in [3.8, 4) is 5.69 Å². The number of carbonyl (C=O) groups is 2. The van der Waals surface area contributed by atoms with Crippen molar-refractivity contribution < 1.29 is 9.59 Å². The van der Waals surface area contributed by atoms with E-state index in [9.17, 15) is 14.4 Å². The molecule has 2 fully saturated rings. The van der Waals surface area contributed by atoms with Gasteiger partial charge in [-0.1, -0.05) is 26.0 Å². The summed E-state index contributed by atoms with van der Waals surface area (Å²) in [6.45, 7) is 10.00. The number of urea groups is 1. The fraction of sp³-hybridized carbons (Fsp3) is 0.556. The average Bonchev–Trinajstić information content (AvgIpc) is 2.90. The minimum atomic E-state index is -0.944. The Bertz CT molecular complexity index is 1180. The normalized spacial score (nSPS) is 18.4. The molecule has 2 aliphatic rings. The summed E-state index contributed by atoms with van der Waals surface area (Å²) >= 11 is 0. The van der Waals surface area contributed by atoms with Crippen LogP contribution in [0, 0.1) is 5.92 Å². The molecule has 4 rings (SSSR count). The number of benzene rings is 1. The number of halogens is 1. The Hall–Kier alpha value is -2.99. The molecule has 1 aromatic carbocycles. The van der Waals surface area contributed by atoms with E-state index in [1.165, 1.54) is 10.1 Å². The standard InChI is InChI=1S/C27H40N8O3.ClH/c1-19(2)27(3,29)24(36)33-14-16-34(17-15-33)25(37)30-23-10-13-35(26(38)31-23)22-6-4-20(5-7-22)18-32-11-8-21(28)9-12-32;/h4-7,10,13,19,21H,8-9,11-12,14-18,28-29H2,1-3H3,(H,30,31,37,38);1H/t27-;/m0./s1. The van der Waals surface area contributed by atoms with Crippen LogP contribution in [0.1, 0.15) is 39.2 Å². The largest absolute Gasteiger partial charge is 0.354 e. The lowest BCUT2D eigenvalue weighted by molar-refractivity contribution is -0.139. The zero-order valence-electron chi connectivity index (χ0n) is 23.0. The van der Waals surface area contributed by atoms with Crippen molar-refractivity contribution in [2.45, 2.75) is 51.7 Å². The molecule has 0 bridgehead atoms. The highest BCUT2D eigenvalue weighted by Crippen LogP contribution is 2.18. The van der Waals surface area contributed by atoms with Gasteiger partial charge >= 0.3 is 11.7 Å². The predicted molar refractivity (Wildman–Crippen MR) is 154 cm³/mol. The molecule has 0 saturated carbocycles. The first kappa shape index (κ1) is 30.6. The number of nitrogens with one attached hydrogen (secondary N) is 1. The van der Waals surface area contributed by atoms with Gasteiger partial charge in [0, 0.05) is 45.0 Å². The molecule has 3 heterocycles. The molecule has 0 unspecified atom stereocenters. The van der Waals surface area contributed by atoms with Gasteiger partial charge in [-0.25, -0.2) is 9.59 Å². The van der Waals surface area contributed by atoms with Crippen LogP contribution in [0.3, 0.4) is 0 Å². The second-order valence-corrected chi connectivity index (χ2v) is 10.9. The van der Waals surface area contributed by atoms with E-state index in [2.05, 4.69) is 15.2 Å². The van der Waals surface area contributed by atoms with Gasteiger partial charge in [0.25, 0.3) is 0 Å². The second kappa shape index (κ2) is 12.9. The predicted octanol–water partition coefficient (Wildman–Crippen LogP) is 1.63. The molecule has 2 saturated heterocycles. The summed E-state index contributed by atoms with van der Waals surface area (Å²) in [4.78, 5) is 48.0. The summed E-state index contributed by atoms with van der Waals surface area (Å²) < 4.78 is 1.45. The minimum absolute atomic E-state index is 0. The number of piperazine rings is 1. The van der Waals surface area contributed by atoms with Crippen molar-refractivity contribution >= 4 is 30.2 Å². The van der Waals surface area contributed by atoms with E-state index in [4.69, 9.17) is 11.5 Å². The third-order valence-corrected chi connectivity index (χ3v) is 7.81. The molecular weight excluding hydrogens is 520 g/mol. The number of rotatable bonds is 6. The Kier molecular flexibility index (Phi) is 10.1. The third-order valence-electron chi connectivity index (χ3n) is 7.81. The lowest BCUT2D eigenvalue weighted by Gasteiger charge is -2.39. The maximum absolute atomic E-state index is 12.8. The van der Waals surface area contributed by atoms with E-state index in [-0.39, 0.29) is 36.1 Å². The molecule has 2 aliphatic heterocycles. The first-order valence-corrected chi connectivity index (χ1v) is 13.4. The molecule has 2 aromatic rings. The van der Waals surface area contributed by atoms with E-state index in [1.54, 1.807) is 29.0 Å². The SMILES string of the molecule is CC(C)[C@](C)(N)C(=O)N1CCN(C(=O)Nc2ccn(-c3ccc(CN4CCC(N)CC4)cc3)c(=O)n2)CC1.Cl. The van der Waals surface area contributed by atoms with Crippen molar-refractivity contribution in [2.75, 3.05) is 44.6 Å². The Morgan fingerprint density at radius 1 is 1.03 bits per heavy atom. The van der Waals surface area contributed by atoms with Gasteiger partial charge in [-0.15, -0.1) is 12.4 Å². The van der Waals surface area contributed by atoms with Crippen LogP contribution in [0.4, 0.5) is 10.6 Å². The molecule has 11 nitrogen and oxygen atoms in total. The van der Waals surface area contributed by atoms with E-state index in [0.717, 1.165) is 32.5 Å². The fourth-order valence-corrected chi connectivity index (χ4v) is 4.69. The fourth-order valence-electron chi connectivity index (χ4n) is 4.69. The monoisotopic (exact) mass is 560 g/mol. The molecule has 1 atom stereocenters. The zero-order chi connectivity index (χ0) is 27.4. The van der Waals surface area contributed by atoms with Gasteiger partial charge in [-0.05, 0) is 62.5 Å². The number of aromatic nitrogens is 2. The van der Waals surface area contributed by atoms with E-state index >= 15 is 0 Å². The van der Waals surface area contributed by atoms with Crippen LogP contribution in [0.5, 0.6) is 0 Å². The van der Waals surface area contributed by atoms with E-state index in [0.29, 0.717) is 37.9 Å². The van der Waals surface area contributed by atoms with E-state index in [1.807, 2.05) is 38.1 Å². The number of carbonyl (C=O) groups excluding carboxylic acids is 2. The number of nitrogens with two attached hydrogens (primary N) is 2. The van der Waals surface area contributed by atoms with Gasteiger partial charge in [-0.3, -0.25) is 19.6 Å². The number of hydrogen-bond acceptors (Lipinski definition) is 7. The Balaban J connectivity index is 0.00000420. The summed E-state index contributed by atoms with van der Waals surface area (Å²) in [6.07, 6.45) is 3.64. The second-order valence-electron chi connectivity index (χ2n) is 10.9. The topological polar surface area (TPSA) is 143 Å². The van der Waals surface area contributed by atoms with Crippen molar-refractivity contribution in [3.63, 3.8) is 0 Å². The van der Waals surface area contributed by atoms with Gasteiger partial charge in [0.1, 0.15) is 5.82 Å². The summed E-state index contributed by atoms with van der Waals surface area (Å²) in [5.74, 6) is 0.0769. The highest BCUT2D eigenvalue weighted by atomic mass is 35.5. The van der Waals surface area contributed by atoms with Gasteiger partial charge in [0.15, 0.2) is 0 Å². The third kappa shape index (κ3) is 7.36. The number of amides is 3. The van der Waals surface area contributed by atoms with Crippen molar-refractivity contribution in [3.05, 3.63) is 52.6 Å². The maximum atomic E-state index is 12.8. The van der Waals surface area contributed by atoms with Gasteiger partial charge in [0.2, 0.25) is 5.91 Å². The van der Waals surface area contributed by atoms with Crippen LogP contribution in [0.2, 0.25) is 0 Å². The number of nitrogens with zero attached hydrogens (tertiary/aromatic N) is 5. The first-order chi connectivity index (χ1) is 18.0. The molecular formula is C27H41ClN8O3. The number of likely N-dealkylation sites (tertiary alicyclic amines) is 1. The number of piperidine rings is 1. The molecule has 5 N–H and O–H groups in total. The smallest absolute Gasteiger partial charge is 0.338 e. The molecule has 214 valence electrons. The van der Waals surface area contributed by atoms with Crippen LogP contribution in [0.15, 0.2) is 41.3 Å². The molecule has 12 heteroatoms. The molecule has 3 amide bonds. The Morgan fingerprint density at radius 2 is 1.62 bits per heavy atom. The number of anilines is 1. The summed E-state index contributed by atoms with van der Waals surface area (Å²) in [6, 6.07) is 9.39. The van der Waals surface area contributed by atoms with Crippen molar-refractivity contribution in [1.29, 1.82) is 0 Å². The van der Waals surface area contributed by atoms with Crippen molar-refractivity contribution in [2.24, 2.45) is 17.4 Å². The number of hydrogen-bond donors (Lipinski definition) is 3. The molecule has 0 radical (unpaired) electrons. The Labute approximate surface area is 235 Å². The van der Waals surface area contributed by atoms with Crippen molar-refractivity contribution in [1.82, 2.24) is 24.3 Å². The maximum Gasteiger partial charge on any atom is 0.354 e.